The van der Waals surface area contributed by atoms with E-state index in [0.717, 1.165) is 4.47 Å². The van der Waals surface area contributed by atoms with Gasteiger partial charge in [-0.1, -0.05) is 22.0 Å². The van der Waals surface area contributed by atoms with Gasteiger partial charge in [-0.3, -0.25) is 0 Å². The van der Waals surface area contributed by atoms with Crippen molar-refractivity contribution in [1.29, 1.82) is 0 Å². The zero-order valence-electron chi connectivity index (χ0n) is 6.98. The van der Waals surface area contributed by atoms with Crippen molar-refractivity contribution in [3.8, 4) is 5.75 Å². The zero-order chi connectivity index (χ0) is 9.68. The molecule has 1 unspecified atom stereocenters. The van der Waals surface area contributed by atoms with Crippen LogP contribution >= 0.6 is 15.9 Å². The molecule has 1 atom stereocenters. The molecule has 0 saturated carbocycles. The van der Waals surface area contributed by atoms with Crippen molar-refractivity contribution in [3.63, 3.8) is 0 Å². The van der Waals surface area contributed by atoms with E-state index in [4.69, 9.17) is 14.9 Å². The van der Waals surface area contributed by atoms with Crippen molar-refractivity contribution in [1.82, 2.24) is 0 Å². The second kappa shape index (κ2) is 5.21. The molecule has 0 aromatic heterocycles. The number of aliphatic hydroxyl groups excluding tert-OH is 2. The number of rotatable bonds is 4. The van der Waals surface area contributed by atoms with Crippen LogP contribution in [0.3, 0.4) is 0 Å². The Kier molecular flexibility index (Phi) is 4.21. The molecule has 0 amide bonds. The van der Waals surface area contributed by atoms with Gasteiger partial charge >= 0.3 is 0 Å². The van der Waals surface area contributed by atoms with Crippen LogP contribution in [-0.2, 0) is 0 Å². The monoisotopic (exact) mass is 246 g/mol. The van der Waals surface area contributed by atoms with Gasteiger partial charge in [0.15, 0.2) is 0 Å². The molecule has 3 nitrogen and oxygen atoms in total. The molecule has 0 aliphatic heterocycles. The second-order valence-corrected chi connectivity index (χ2v) is 3.52. The van der Waals surface area contributed by atoms with Crippen molar-refractivity contribution in [2.24, 2.45) is 0 Å². The number of benzene rings is 1. The number of aliphatic hydroxyl groups is 2. The molecular formula is C9H11BrO3. The molecule has 1 rings (SSSR count). The Morgan fingerprint density at radius 3 is 2.85 bits per heavy atom. The summed E-state index contributed by atoms with van der Waals surface area (Å²) in [5.41, 5.74) is 0. The average molecular weight is 247 g/mol. The largest absolute Gasteiger partial charge is 0.491 e. The number of halogens is 1. The summed E-state index contributed by atoms with van der Waals surface area (Å²) in [5, 5.41) is 17.5. The van der Waals surface area contributed by atoms with E-state index in [1.807, 2.05) is 12.1 Å². The fourth-order valence-corrected chi connectivity index (χ4v) is 1.18. The first-order valence-electron chi connectivity index (χ1n) is 3.89. The van der Waals surface area contributed by atoms with Crippen LogP contribution < -0.4 is 4.74 Å². The molecule has 0 fully saturated rings. The van der Waals surface area contributed by atoms with Gasteiger partial charge in [-0.25, -0.2) is 0 Å². The maximum Gasteiger partial charge on any atom is 0.120 e. The molecule has 1 aromatic rings. The highest BCUT2D eigenvalue weighted by Crippen LogP contribution is 2.17. The molecule has 0 spiro atoms. The molecular weight excluding hydrogens is 236 g/mol. The van der Waals surface area contributed by atoms with Crippen LogP contribution in [0.1, 0.15) is 0 Å². The summed E-state index contributed by atoms with van der Waals surface area (Å²) in [7, 11) is 0. The fraction of sp³-hybridized carbons (Fsp3) is 0.333. The van der Waals surface area contributed by atoms with Crippen LogP contribution in [0.15, 0.2) is 28.7 Å². The number of hydrogen-bond acceptors (Lipinski definition) is 3. The summed E-state index contributed by atoms with van der Waals surface area (Å²) >= 11 is 3.29. The van der Waals surface area contributed by atoms with Crippen LogP contribution in [0.4, 0.5) is 0 Å². The summed E-state index contributed by atoms with van der Waals surface area (Å²) in [4.78, 5) is 0. The zero-order valence-corrected chi connectivity index (χ0v) is 8.57. The standard InChI is InChI=1S/C9H11BrO3/c10-7-2-1-3-9(4-7)13-6-8(12)5-11/h1-4,8,11-12H,5-6H2. The van der Waals surface area contributed by atoms with Crippen LogP contribution in [0.5, 0.6) is 5.75 Å². The topological polar surface area (TPSA) is 49.7 Å². The van der Waals surface area contributed by atoms with E-state index in [9.17, 15) is 0 Å². The van der Waals surface area contributed by atoms with Gasteiger partial charge in [0.2, 0.25) is 0 Å². The molecule has 0 radical (unpaired) electrons. The quantitative estimate of drug-likeness (QED) is 0.839. The maximum atomic E-state index is 9.00. The lowest BCUT2D eigenvalue weighted by Gasteiger charge is -2.09. The van der Waals surface area contributed by atoms with Crippen LogP contribution in [0.2, 0.25) is 0 Å². The summed E-state index contributed by atoms with van der Waals surface area (Å²) in [6, 6.07) is 7.30. The lowest BCUT2D eigenvalue weighted by Crippen LogP contribution is -2.21. The van der Waals surface area contributed by atoms with Gasteiger partial charge in [-0.05, 0) is 18.2 Å². The van der Waals surface area contributed by atoms with Crippen molar-refractivity contribution in [2.75, 3.05) is 13.2 Å². The smallest absolute Gasteiger partial charge is 0.120 e. The third-order valence-corrected chi connectivity index (χ3v) is 1.94. The Morgan fingerprint density at radius 1 is 1.46 bits per heavy atom. The Morgan fingerprint density at radius 2 is 2.23 bits per heavy atom. The van der Waals surface area contributed by atoms with E-state index in [0.29, 0.717) is 5.75 Å². The maximum absolute atomic E-state index is 9.00. The normalized spacial score (nSPS) is 12.5. The number of ether oxygens (including phenoxy) is 1. The SMILES string of the molecule is OCC(O)COc1cccc(Br)c1. The third-order valence-electron chi connectivity index (χ3n) is 1.45. The van der Waals surface area contributed by atoms with Crippen LogP contribution in [0.25, 0.3) is 0 Å². The highest BCUT2D eigenvalue weighted by Gasteiger charge is 2.02. The van der Waals surface area contributed by atoms with E-state index >= 15 is 0 Å². The first kappa shape index (κ1) is 10.5. The van der Waals surface area contributed by atoms with Gasteiger partial charge in [-0.15, -0.1) is 0 Å². The first-order valence-corrected chi connectivity index (χ1v) is 4.69. The van der Waals surface area contributed by atoms with Gasteiger partial charge in [0.1, 0.15) is 18.5 Å². The molecule has 0 saturated heterocycles. The van der Waals surface area contributed by atoms with Gasteiger partial charge in [0.05, 0.1) is 6.61 Å². The van der Waals surface area contributed by atoms with Crippen molar-refractivity contribution < 1.29 is 14.9 Å². The minimum Gasteiger partial charge on any atom is -0.491 e. The lowest BCUT2D eigenvalue weighted by molar-refractivity contribution is 0.0536. The molecule has 4 heteroatoms. The molecule has 2 N–H and O–H groups in total. The lowest BCUT2D eigenvalue weighted by atomic mass is 10.3. The van der Waals surface area contributed by atoms with Gasteiger partial charge < -0.3 is 14.9 Å². The summed E-state index contributed by atoms with van der Waals surface area (Å²) in [6.45, 7) is -0.180. The van der Waals surface area contributed by atoms with E-state index in [-0.39, 0.29) is 13.2 Å². The van der Waals surface area contributed by atoms with E-state index in [2.05, 4.69) is 15.9 Å². The average Bonchev–Trinajstić information content (AvgIpc) is 2.14. The number of hydrogen-bond donors (Lipinski definition) is 2. The van der Waals surface area contributed by atoms with E-state index < -0.39 is 6.10 Å². The predicted octanol–water partition coefficient (Wildman–Crippen LogP) is 1.18. The van der Waals surface area contributed by atoms with Gasteiger partial charge in [0.25, 0.3) is 0 Å². The second-order valence-electron chi connectivity index (χ2n) is 2.60. The van der Waals surface area contributed by atoms with E-state index in [1.165, 1.54) is 0 Å². The van der Waals surface area contributed by atoms with Crippen molar-refractivity contribution in [3.05, 3.63) is 28.7 Å². The summed E-state index contributed by atoms with van der Waals surface area (Å²) in [5.74, 6) is 0.668. The predicted molar refractivity (Wildman–Crippen MR) is 52.7 cm³/mol. The van der Waals surface area contributed by atoms with Crippen LogP contribution in [-0.4, -0.2) is 29.5 Å². The minimum atomic E-state index is -0.820. The Bertz CT molecular complexity index is 265. The highest BCUT2D eigenvalue weighted by atomic mass is 79.9. The van der Waals surface area contributed by atoms with Gasteiger partial charge in [0, 0.05) is 4.47 Å². The first-order chi connectivity index (χ1) is 6.22. The fourth-order valence-electron chi connectivity index (χ4n) is 0.802. The molecule has 1 aromatic carbocycles. The molecule has 13 heavy (non-hydrogen) atoms. The van der Waals surface area contributed by atoms with Crippen LogP contribution in [0, 0.1) is 0 Å². The van der Waals surface area contributed by atoms with E-state index in [1.54, 1.807) is 12.1 Å². The Hall–Kier alpha value is -0.580. The van der Waals surface area contributed by atoms with Crippen molar-refractivity contribution in [2.45, 2.75) is 6.10 Å². The molecule has 0 heterocycles. The Labute approximate surface area is 85.1 Å². The summed E-state index contributed by atoms with van der Waals surface area (Å²) in [6.07, 6.45) is -0.820. The highest BCUT2D eigenvalue weighted by molar-refractivity contribution is 9.10. The summed E-state index contributed by atoms with van der Waals surface area (Å²) < 4.78 is 6.12. The molecule has 0 aliphatic carbocycles. The minimum absolute atomic E-state index is 0.104. The molecule has 0 bridgehead atoms. The molecule has 0 aliphatic rings. The third kappa shape index (κ3) is 3.76. The molecule has 72 valence electrons. The Balaban J connectivity index is 2.45. The van der Waals surface area contributed by atoms with Gasteiger partial charge in [-0.2, -0.15) is 0 Å². The van der Waals surface area contributed by atoms with Crippen molar-refractivity contribution >= 4 is 15.9 Å².